The van der Waals surface area contributed by atoms with E-state index in [1.54, 1.807) is 31.2 Å². The summed E-state index contributed by atoms with van der Waals surface area (Å²) in [6.45, 7) is 3.08. The highest BCUT2D eigenvalue weighted by Gasteiger charge is 2.34. The van der Waals surface area contributed by atoms with Crippen molar-refractivity contribution in [2.24, 2.45) is 0 Å². The summed E-state index contributed by atoms with van der Waals surface area (Å²) in [4.78, 5) is 0. The molecule has 20 heavy (non-hydrogen) atoms. The highest BCUT2D eigenvalue weighted by Crippen LogP contribution is 2.34. The molecule has 2 rings (SSSR count). The summed E-state index contributed by atoms with van der Waals surface area (Å²) in [6, 6.07) is 7.28. The van der Waals surface area contributed by atoms with E-state index >= 15 is 0 Å². The quantitative estimate of drug-likeness (QED) is 0.760. The van der Waals surface area contributed by atoms with Crippen molar-refractivity contribution in [3.05, 3.63) is 47.8 Å². The molecule has 0 aliphatic heterocycles. The van der Waals surface area contributed by atoms with E-state index in [4.69, 9.17) is 0 Å². The van der Waals surface area contributed by atoms with Crippen molar-refractivity contribution in [2.75, 3.05) is 0 Å². The van der Waals surface area contributed by atoms with E-state index in [2.05, 4.69) is 5.10 Å². The fourth-order valence-corrected chi connectivity index (χ4v) is 1.91. The Kier molecular flexibility index (Phi) is 3.58. The van der Waals surface area contributed by atoms with Crippen LogP contribution in [0.5, 0.6) is 0 Å². The van der Waals surface area contributed by atoms with Crippen LogP contribution in [0.25, 0.3) is 5.69 Å². The summed E-state index contributed by atoms with van der Waals surface area (Å²) < 4.78 is 53.2. The van der Waals surface area contributed by atoms with Gasteiger partial charge in [-0.3, -0.25) is 0 Å². The number of alkyl halides is 4. The minimum Gasteiger partial charge on any atom is -0.240 e. The predicted octanol–water partition coefficient (Wildman–Crippen LogP) is 4.49. The second-order valence-corrected chi connectivity index (χ2v) is 4.71. The van der Waals surface area contributed by atoms with E-state index in [9.17, 15) is 17.6 Å². The van der Waals surface area contributed by atoms with E-state index in [-0.39, 0.29) is 6.42 Å². The second kappa shape index (κ2) is 4.92. The van der Waals surface area contributed by atoms with Gasteiger partial charge in [0.1, 0.15) is 5.67 Å². The average molecular weight is 286 g/mol. The molecule has 0 bridgehead atoms. The van der Waals surface area contributed by atoms with Crippen LogP contribution in [0.15, 0.2) is 36.5 Å². The van der Waals surface area contributed by atoms with Crippen LogP contribution in [0.2, 0.25) is 0 Å². The van der Waals surface area contributed by atoms with Gasteiger partial charge in [-0.05, 0) is 25.5 Å². The molecule has 0 saturated carbocycles. The van der Waals surface area contributed by atoms with Crippen LogP contribution in [0.1, 0.15) is 31.5 Å². The minimum atomic E-state index is -4.51. The molecule has 6 heteroatoms. The minimum absolute atomic E-state index is 0.220. The zero-order valence-corrected chi connectivity index (χ0v) is 11.1. The molecule has 0 saturated heterocycles. The van der Waals surface area contributed by atoms with E-state index in [0.717, 1.165) is 10.7 Å². The first-order chi connectivity index (χ1) is 9.25. The van der Waals surface area contributed by atoms with Crippen molar-refractivity contribution in [2.45, 2.75) is 32.1 Å². The van der Waals surface area contributed by atoms with E-state index in [1.165, 1.54) is 13.1 Å². The van der Waals surface area contributed by atoms with Crippen LogP contribution in [0, 0.1) is 0 Å². The monoisotopic (exact) mass is 286 g/mol. The number of nitrogens with zero attached hydrogens (tertiary/aromatic N) is 2. The summed E-state index contributed by atoms with van der Waals surface area (Å²) in [5.41, 5.74) is -1.99. The van der Waals surface area contributed by atoms with Crippen LogP contribution >= 0.6 is 0 Å². The molecule has 0 aliphatic rings. The van der Waals surface area contributed by atoms with Crippen LogP contribution in [0.4, 0.5) is 17.6 Å². The molecule has 0 amide bonds. The first-order valence-electron chi connectivity index (χ1n) is 6.17. The van der Waals surface area contributed by atoms with Crippen molar-refractivity contribution < 1.29 is 17.6 Å². The molecule has 1 aromatic heterocycles. The van der Waals surface area contributed by atoms with Gasteiger partial charge < -0.3 is 0 Å². The molecular weight excluding hydrogens is 272 g/mol. The SMILES string of the molecule is CCC(C)(F)c1ccccc1-n1ccc(C(F)(F)F)n1. The maximum Gasteiger partial charge on any atom is 0.435 e. The summed E-state index contributed by atoms with van der Waals surface area (Å²) in [5, 5.41) is 3.49. The Bertz CT molecular complexity index is 599. The molecule has 0 aliphatic carbocycles. The first kappa shape index (κ1) is 14.6. The number of aromatic nitrogens is 2. The van der Waals surface area contributed by atoms with Gasteiger partial charge in [0.25, 0.3) is 0 Å². The number of hydrogen-bond donors (Lipinski definition) is 0. The van der Waals surface area contributed by atoms with Crippen molar-refractivity contribution in [1.29, 1.82) is 0 Å². The largest absolute Gasteiger partial charge is 0.435 e. The number of hydrogen-bond acceptors (Lipinski definition) is 1. The van der Waals surface area contributed by atoms with Crippen LogP contribution in [-0.2, 0) is 11.8 Å². The normalized spacial score (nSPS) is 15.1. The lowest BCUT2D eigenvalue weighted by molar-refractivity contribution is -0.141. The van der Waals surface area contributed by atoms with Gasteiger partial charge in [0.2, 0.25) is 0 Å². The molecule has 0 fully saturated rings. The van der Waals surface area contributed by atoms with E-state index in [0.29, 0.717) is 11.3 Å². The maximum atomic E-state index is 14.5. The van der Waals surface area contributed by atoms with Gasteiger partial charge in [0.05, 0.1) is 5.69 Å². The molecule has 1 aromatic carbocycles. The average Bonchev–Trinajstić information content (AvgIpc) is 2.88. The Balaban J connectivity index is 2.51. The Morgan fingerprint density at radius 3 is 2.30 bits per heavy atom. The Hall–Kier alpha value is -1.85. The summed E-state index contributed by atoms with van der Waals surface area (Å²) in [7, 11) is 0. The lowest BCUT2D eigenvalue weighted by Crippen LogP contribution is -2.17. The molecule has 2 aromatic rings. The number of halogens is 4. The van der Waals surface area contributed by atoms with Gasteiger partial charge in [0.15, 0.2) is 5.69 Å². The third-order valence-corrected chi connectivity index (χ3v) is 3.26. The third kappa shape index (κ3) is 2.69. The van der Waals surface area contributed by atoms with Gasteiger partial charge in [-0.15, -0.1) is 0 Å². The van der Waals surface area contributed by atoms with Gasteiger partial charge in [-0.25, -0.2) is 9.07 Å². The van der Waals surface area contributed by atoms with Crippen molar-refractivity contribution in [3.63, 3.8) is 0 Å². The van der Waals surface area contributed by atoms with Crippen molar-refractivity contribution >= 4 is 0 Å². The smallest absolute Gasteiger partial charge is 0.240 e. The fraction of sp³-hybridized carbons (Fsp3) is 0.357. The topological polar surface area (TPSA) is 17.8 Å². The van der Waals surface area contributed by atoms with Crippen LogP contribution in [0.3, 0.4) is 0 Å². The van der Waals surface area contributed by atoms with E-state index in [1.807, 2.05) is 0 Å². The van der Waals surface area contributed by atoms with Crippen molar-refractivity contribution in [3.8, 4) is 5.69 Å². The molecule has 2 nitrogen and oxygen atoms in total. The maximum absolute atomic E-state index is 14.5. The van der Waals surface area contributed by atoms with Crippen LogP contribution in [-0.4, -0.2) is 9.78 Å². The zero-order valence-electron chi connectivity index (χ0n) is 11.1. The van der Waals surface area contributed by atoms with Crippen LogP contribution < -0.4 is 0 Å². The molecule has 0 radical (unpaired) electrons. The zero-order chi connectivity index (χ0) is 15.0. The van der Waals surface area contributed by atoms with Gasteiger partial charge in [0, 0.05) is 11.8 Å². The standard InChI is InChI=1S/C14H14F4N2/c1-3-13(2,15)10-6-4-5-7-11(10)20-9-8-12(19-20)14(16,17)18/h4-9H,3H2,1-2H3. The predicted molar refractivity (Wildman–Crippen MR) is 67.3 cm³/mol. The molecule has 1 unspecified atom stereocenters. The Morgan fingerprint density at radius 2 is 1.75 bits per heavy atom. The van der Waals surface area contributed by atoms with E-state index < -0.39 is 17.5 Å². The molecule has 1 atom stereocenters. The van der Waals surface area contributed by atoms with Gasteiger partial charge in [-0.2, -0.15) is 18.3 Å². The number of rotatable bonds is 3. The molecule has 1 heterocycles. The summed E-state index contributed by atoms with van der Waals surface area (Å²) in [6.07, 6.45) is -3.10. The fourth-order valence-electron chi connectivity index (χ4n) is 1.91. The third-order valence-electron chi connectivity index (χ3n) is 3.26. The summed E-state index contributed by atoms with van der Waals surface area (Å²) in [5.74, 6) is 0. The molecular formula is C14H14F4N2. The summed E-state index contributed by atoms with van der Waals surface area (Å²) >= 11 is 0. The lowest BCUT2D eigenvalue weighted by atomic mass is 9.93. The highest BCUT2D eigenvalue weighted by atomic mass is 19.4. The van der Waals surface area contributed by atoms with Gasteiger partial charge >= 0.3 is 6.18 Å². The number of benzene rings is 1. The second-order valence-electron chi connectivity index (χ2n) is 4.71. The number of para-hydroxylation sites is 1. The Morgan fingerprint density at radius 1 is 1.10 bits per heavy atom. The molecule has 108 valence electrons. The molecule has 0 spiro atoms. The van der Waals surface area contributed by atoms with Gasteiger partial charge in [-0.1, -0.05) is 25.1 Å². The Labute approximate surface area is 114 Å². The first-order valence-corrected chi connectivity index (χ1v) is 6.17. The molecule has 0 N–H and O–H groups in total. The highest BCUT2D eigenvalue weighted by molar-refractivity contribution is 5.44. The van der Waals surface area contributed by atoms with Crippen molar-refractivity contribution in [1.82, 2.24) is 9.78 Å². The lowest BCUT2D eigenvalue weighted by Gasteiger charge is -2.22.